The number of thiophene rings is 1. The van der Waals surface area contributed by atoms with Gasteiger partial charge in [0.15, 0.2) is 0 Å². The molecule has 0 atom stereocenters. The summed E-state index contributed by atoms with van der Waals surface area (Å²) in [4.78, 5) is 24.3. The fourth-order valence-corrected chi connectivity index (χ4v) is 4.55. The average molecular weight is 390 g/mol. The number of amides is 1. The molecule has 1 aromatic heterocycles. The Morgan fingerprint density at radius 3 is 2.69 bits per heavy atom. The predicted molar refractivity (Wildman–Crippen MR) is 101 cm³/mol. The number of nitriles is 1. The number of rotatable bonds is 3. The number of aryl methyl sites for hydroxylation is 1. The second-order valence-electron chi connectivity index (χ2n) is 6.11. The Labute approximate surface area is 159 Å². The highest BCUT2D eigenvalue weighted by atomic mass is 35.5. The van der Waals surface area contributed by atoms with Crippen molar-refractivity contribution in [3.8, 4) is 6.07 Å². The Kier molecular flexibility index (Phi) is 5.55. The fourth-order valence-electron chi connectivity index (χ4n) is 3.15. The maximum atomic E-state index is 12.6. The van der Waals surface area contributed by atoms with Crippen molar-refractivity contribution in [1.29, 1.82) is 5.26 Å². The number of carbonyl (C=O) groups is 1. The highest BCUT2D eigenvalue weighted by molar-refractivity contribution is 7.16. The van der Waals surface area contributed by atoms with Crippen LogP contribution in [-0.2, 0) is 12.8 Å². The molecule has 1 amide bonds. The second kappa shape index (κ2) is 7.85. The molecule has 134 valence electrons. The number of hydrogen-bond acceptors (Lipinski definition) is 5. The lowest BCUT2D eigenvalue weighted by Gasteiger charge is -2.08. The summed E-state index contributed by atoms with van der Waals surface area (Å²) >= 11 is 7.29. The monoisotopic (exact) mass is 389 g/mol. The molecule has 1 N–H and O–H groups in total. The lowest BCUT2D eigenvalue weighted by Crippen LogP contribution is -2.14. The van der Waals surface area contributed by atoms with Crippen LogP contribution in [0.1, 0.15) is 52.0 Å². The highest BCUT2D eigenvalue weighted by Gasteiger charge is 2.24. The molecule has 1 heterocycles. The van der Waals surface area contributed by atoms with E-state index in [1.807, 2.05) is 0 Å². The van der Waals surface area contributed by atoms with Gasteiger partial charge in [-0.05, 0) is 43.4 Å². The molecule has 0 fully saturated rings. The number of anilines is 1. The molecule has 0 radical (unpaired) electrons. The van der Waals surface area contributed by atoms with Crippen LogP contribution in [0.3, 0.4) is 0 Å². The minimum absolute atomic E-state index is 0.118. The van der Waals surface area contributed by atoms with Gasteiger partial charge in [-0.15, -0.1) is 11.3 Å². The zero-order chi connectivity index (χ0) is 18.7. The Balaban J connectivity index is 1.96. The summed E-state index contributed by atoms with van der Waals surface area (Å²) in [6, 6.07) is 6.04. The number of benzene rings is 1. The van der Waals surface area contributed by atoms with Crippen LogP contribution in [0.15, 0.2) is 18.2 Å². The number of fused-ring (bicyclic) bond motifs is 1. The van der Waals surface area contributed by atoms with Crippen molar-refractivity contribution in [2.24, 2.45) is 0 Å². The molecule has 0 bridgehead atoms. The number of nitro benzene ring substituents is 1. The van der Waals surface area contributed by atoms with Gasteiger partial charge in [0, 0.05) is 16.0 Å². The molecule has 0 saturated carbocycles. The first kappa shape index (κ1) is 18.4. The highest BCUT2D eigenvalue weighted by Crippen LogP contribution is 2.37. The molecule has 0 aliphatic heterocycles. The third-order valence-corrected chi connectivity index (χ3v) is 5.85. The van der Waals surface area contributed by atoms with E-state index in [2.05, 4.69) is 11.4 Å². The first-order valence-corrected chi connectivity index (χ1v) is 9.50. The summed E-state index contributed by atoms with van der Waals surface area (Å²) in [6.45, 7) is 0. The van der Waals surface area contributed by atoms with Gasteiger partial charge in [0.1, 0.15) is 16.6 Å². The van der Waals surface area contributed by atoms with E-state index in [1.165, 1.54) is 29.5 Å². The molecule has 3 rings (SSSR count). The van der Waals surface area contributed by atoms with Crippen molar-refractivity contribution in [2.45, 2.75) is 38.5 Å². The summed E-state index contributed by atoms with van der Waals surface area (Å²) in [5.41, 5.74) is 1.05. The number of nitrogens with one attached hydrogen (secondary N) is 1. The standard InChI is InChI=1S/C18H16ClN3O3S/c19-11-7-8-15(22(24)25)13(9-11)17(23)21-18-14(10-20)12-5-3-1-2-4-6-16(12)26-18/h7-9H,1-6H2,(H,21,23). The Morgan fingerprint density at radius 2 is 2.00 bits per heavy atom. The minimum atomic E-state index is -0.634. The summed E-state index contributed by atoms with van der Waals surface area (Å²) in [6.07, 6.45) is 6.09. The van der Waals surface area contributed by atoms with Crippen molar-refractivity contribution >= 4 is 39.5 Å². The Morgan fingerprint density at radius 1 is 1.27 bits per heavy atom. The first-order valence-electron chi connectivity index (χ1n) is 8.31. The van der Waals surface area contributed by atoms with Crippen LogP contribution in [0.4, 0.5) is 10.7 Å². The second-order valence-corrected chi connectivity index (χ2v) is 7.65. The first-order chi connectivity index (χ1) is 12.5. The predicted octanol–water partition coefficient (Wildman–Crippen LogP) is 5.09. The van der Waals surface area contributed by atoms with E-state index in [0.29, 0.717) is 10.6 Å². The summed E-state index contributed by atoms with van der Waals surface area (Å²) in [5.74, 6) is -0.634. The van der Waals surface area contributed by atoms with E-state index in [4.69, 9.17) is 11.6 Å². The maximum absolute atomic E-state index is 12.6. The molecular weight excluding hydrogens is 374 g/mol. The van der Waals surface area contributed by atoms with Crippen LogP contribution in [0, 0.1) is 21.4 Å². The molecular formula is C18H16ClN3O3S. The molecule has 26 heavy (non-hydrogen) atoms. The van der Waals surface area contributed by atoms with Crippen molar-refractivity contribution in [2.75, 3.05) is 5.32 Å². The Bertz CT molecular complexity index is 917. The number of carbonyl (C=O) groups excluding carboxylic acids is 1. The number of nitro groups is 1. The summed E-state index contributed by atoms with van der Waals surface area (Å²) in [5, 5.41) is 24.1. The van der Waals surface area contributed by atoms with Crippen LogP contribution in [-0.4, -0.2) is 10.8 Å². The van der Waals surface area contributed by atoms with E-state index in [1.54, 1.807) is 0 Å². The Hall–Kier alpha value is -2.43. The van der Waals surface area contributed by atoms with Crippen LogP contribution in [0.25, 0.3) is 0 Å². The van der Waals surface area contributed by atoms with E-state index in [-0.39, 0.29) is 16.3 Å². The van der Waals surface area contributed by atoms with Crippen LogP contribution < -0.4 is 5.32 Å². The van der Waals surface area contributed by atoms with Crippen molar-refractivity contribution < 1.29 is 9.72 Å². The molecule has 1 aliphatic carbocycles. The summed E-state index contributed by atoms with van der Waals surface area (Å²) in [7, 11) is 0. The molecule has 0 spiro atoms. The van der Waals surface area contributed by atoms with E-state index in [9.17, 15) is 20.2 Å². The zero-order valence-corrected chi connectivity index (χ0v) is 15.5. The van der Waals surface area contributed by atoms with E-state index < -0.39 is 10.8 Å². The summed E-state index contributed by atoms with van der Waals surface area (Å²) < 4.78 is 0. The quantitative estimate of drug-likeness (QED) is 0.583. The van der Waals surface area contributed by atoms with Gasteiger partial charge in [-0.3, -0.25) is 14.9 Å². The van der Waals surface area contributed by atoms with Gasteiger partial charge in [0.2, 0.25) is 0 Å². The van der Waals surface area contributed by atoms with Crippen LogP contribution >= 0.6 is 22.9 Å². The molecule has 8 heteroatoms. The molecule has 0 unspecified atom stereocenters. The fraction of sp³-hybridized carbons (Fsp3) is 0.333. The number of nitrogens with zero attached hydrogens (tertiary/aromatic N) is 2. The van der Waals surface area contributed by atoms with Gasteiger partial charge >= 0.3 is 0 Å². The third kappa shape index (κ3) is 3.71. The zero-order valence-electron chi connectivity index (χ0n) is 13.9. The van der Waals surface area contributed by atoms with Gasteiger partial charge in [-0.2, -0.15) is 5.26 Å². The lowest BCUT2D eigenvalue weighted by atomic mass is 9.97. The van der Waals surface area contributed by atoms with Crippen LogP contribution in [0.5, 0.6) is 0 Å². The van der Waals surface area contributed by atoms with Gasteiger partial charge in [-0.25, -0.2) is 0 Å². The molecule has 0 saturated heterocycles. The van der Waals surface area contributed by atoms with Gasteiger partial charge < -0.3 is 5.32 Å². The van der Waals surface area contributed by atoms with Gasteiger partial charge in [-0.1, -0.05) is 24.4 Å². The van der Waals surface area contributed by atoms with Crippen molar-refractivity contribution in [3.63, 3.8) is 0 Å². The molecule has 1 aromatic carbocycles. The normalized spacial score (nSPS) is 13.8. The van der Waals surface area contributed by atoms with Crippen LogP contribution in [0.2, 0.25) is 5.02 Å². The molecule has 2 aromatic rings. The largest absolute Gasteiger partial charge is 0.312 e. The number of halogens is 1. The smallest absolute Gasteiger partial charge is 0.282 e. The third-order valence-electron chi connectivity index (χ3n) is 4.41. The topological polar surface area (TPSA) is 96.0 Å². The van der Waals surface area contributed by atoms with E-state index >= 15 is 0 Å². The van der Waals surface area contributed by atoms with Gasteiger partial charge in [0.05, 0.1) is 10.5 Å². The number of hydrogen-bond donors (Lipinski definition) is 1. The van der Waals surface area contributed by atoms with Gasteiger partial charge in [0.25, 0.3) is 11.6 Å². The average Bonchev–Trinajstić information content (AvgIpc) is 2.90. The molecule has 6 nitrogen and oxygen atoms in total. The lowest BCUT2D eigenvalue weighted by molar-refractivity contribution is -0.385. The van der Waals surface area contributed by atoms with E-state index in [0.717, 1.165) is 49.0 Å². The minimum Gasteiger partial charge on any atom is -0.312 e. The van der Waals surface area contributed by atoms with Crippen molar-refractivity contribution in [1.82, 2.24) is 0 Å². The SMILES string of the molecule is N#Cc1c(NC(=O)c2cc(Cl)ccc2[N+](=O)[O-])sc2c1CCCCCC2. The maximum Gasteiger partial charge on any atom is 0.282 e. The van der Waals surface area contributed by atoms with Crippen molar-refractivity contribution in [3.05, 3.63) is 54.9 Å². The molecule has 1 aliphatic rings.